The lowest BCUT2D eigenvalue weighted by Gasteiger charge is -2.34. The molecule has 0 saturated carbocycles. The lowest BCUT2D eigenvalue weighted by molar-refractivity contribution is -0.165. The van der Waals surface area contributed by atoms with Crippen LogP contribution in [0.1, 0.15) is 41.0 Å². The number of amides is 1. The maximum Gasteiger partial charge on any atom is 0.252 e. The van der Waals surface area contributed by atoms with Gasteiger partial charge >= 0.3 is 0 Å². The predicted molar refractivity (Wildman–Crippen MR) is 109 cm³/mol. The van der Waals surface area contributed by atoms with Gasteiger partial charge in [-0.15, -0.1) is 0 Å². The average molecular weight is 384 g/mol. The lowest BCUT2D eigenvalue weighted by atomic mass is 10.1. The zero-order valence-corrected chi connectivity index (χ0v) is 17.6. The lowest BCUT2D eigenvalue weighted by Crippen LogP contribution is -2.49. The monoisotopic (exact) mass is 383 g/mol. The fourth-order valence-corrected chi connectivity index (χ4v) is 3.06. The number of benzene rings is 1. The van der Waals surface area contributed by atoms with E-state index in [2.05, 4.69) is 37.5 Å². The highest BCUT2D eigenvalue weighted by Crippen LogP contribution is 2.19. The third-order valence-corrected chi connectivity index (χ3v) is 4.95. The van der Waals surface area contributed by atoms with Gasteiger partial charge in [0.05, 0.1) is 6.04 Å². The first-order chi connectivity index (χ1) is 12.4. The maximum absolute atomic E-state index is 12.3. The summed E-state index contributed by atoms with van der Waals surface area (Å²) >= 11 is 5.95. The van der Waals surface area contributed by atoms with Crippen molar-refractivity contribution in [2.75, 3.05) is 39.3 Å². The molecule has 26 heavy (non-hydrogen) atoms. The van der Waals surface area contributed by atoms with Gasteiger partial charge < -0.3 is 14.6 Å². The van der Waals surface area contributed by atoms with Crippen LogP contribution in [0.15, 0.2) is 24.3 Å². The maximum atomic E-state index is 12.3. The van der Waals surface area contributed by atoms with Gasteiger partial charge in [-0.1, -0.05) is 39.3 Å². The van der Waals surface area contributed by atoms with Crippen molar-refractivity contribution in [3.8, 4) is 5.75 Å². The Kier molecular flexibility index (Phi) is 10.6. The Bertz CT molecular complexity index is 516. The highest BCUT2D eigenvalue weighted by molar-refractivity contribution is 6.30. The zero-order valence-electron chi connectivity index (χ0n) is 16.9. The van der Waals surface area contributed by atoms with Gasteiger partial charge in [0.25, 0.3) is 5.91 Å². The predicted octanol–water partition coefficient (Wildman–Crippen LogP) is 3.92. The summed E-state index contributed by atoms with van der Waals surface area (Å²) in [5.74, 6) is 0.536. The van der Waals surface area contributed by atoms with Crippen molar-refractivity contribution in [1.82, 2.24) is 14.9 Å². The van der Waals surface area contributed by atoms with Gasteiger partial charge in [-0.3, -0.25) is 4.79 Å². The quantitative estimate of drug-likeness (QED) is 0.512. The Hall–Kier alpha value is -1.30. The molecule has 5 nitrogen and oxygen atoms in total. The van der Waals surface area contributed by atoms with Crippen LogP contribution in [-0.2, 0) is 4.79 Å². The van der Waals surface area contributed by atoms with E-state index in [4.69, 9.17) is 16.4 Å². The molecule has 0 saturated heterocycles. The minimum absolute atomic E-state index is 0.0105. The number of hydrogen-bond donors (Lipinski definition) is 0. The van der Waals surface area contributed by atoms with E-state index < -0.39 is 0 Å². The van der Waals surface area contributed by atoms with Crippen molar-refractivity contribution in [3.63, 3.8) is 0 Å². The zero-order chi connectivity index (χ0) is 19.5. The van der Waals surface area contributed by atoms with Crippen LogP contribution < -0.4 is 4.84 Å². The second-order valence-electron chi connectivity index (χ2n) is 6.35. The van der Waals surface area contributed by atoms with E-state index in [9.17, 15) is 4.79 Å². The molecule has 0 aliphatic heterocycles. The van der Waals surface area contributed by atoms with Gasteiger partial charge in [0.15, 0.2) is 5.75 Å². The smallest absolute Gasteiger partial charge is 0.252 e. The fraction of sp³-hybridized carbons (Fsp3) is 0.650. The molecular weight excluding hydrogens is 350 g/mol. The van der Waals surface area contributed by atoms with Crippen molar-refractivity contribution in [2.24, 2.45) is 0 Å². The van der Waals surface area contributed by atoms with E-state index in [1.807, 2.05) is 0 Å². The molecule has 0 aliphatic carbocycles. The van der Waals surface area contributed by atoms with E-state index >= 15 is 0 Å². The molecule has 1 aromatic carbocycles. The molecule has 0 fully saturated rings. The molecule has 6 heteroatoms. The first-order valence-electron chi connectivity index (χ1n) is 9.63. The SMILES string of the molecule is CCN(CC)CCC(CN(CC)CC)N(Oc1ccc(Cl)cc1)C(C)=O. The minimum Gasteiger partial charge on any atom is -0.377 e. The first kappa shape index (κ1) is 22.7. The molecule has 0 bridgehead atoms. The molecule has 1 rings (SSSR count). The molecule has 148 valence electrons. The van der Waals surface area contributed by atoms with E-state index in [1.165, 1.54) is 5.06 Å². The summed E-state index contributed by atoms with van der Waals surface area (Å²) in [4.78, 5) is 23.0. The van der Waals surface area contributed by atoms with Crippen LogP contribution in [0.5, 0.6) is 5.75 Å². The van der Waals surface area contributed by atoms with Crippen LogP contribution in [0, 0.1) is 0 Å². The molecule has 0 aliphatic rings. The Labute approximate surface area is 163 Å². The van der Waals surface area contributed by atoms with Crippen LogP contribution in [0.2, 0.25) is 5.02 Å². The Balaban J connectivity index is 2.95. The number of halogens is 1. The summed E-state index contributed by atoms with van der Waals surface area (Å²) in [7, 11) is 0. The Morgan fingerprint density at radius 2 is 1.54 bits per heavy atom. The largest absolute Gasteiger partial charge is 0.377 e. The molecule has 0 spiro atoms. The summed E-state index contributed by atoms with van der Waals surface area (Å²) in [6.45, 7) is 15.8. The first-order valence-corrected chi connectivity index (χ1v) is 10.0. The van der Waals surface area contributed by atoms with Gasteiger partial charge in [0, 0.05) is 25.0 Å². The van der Waals surface area contributed by atoms with Crippen molar-refractivity contribution < 1.29 is 9.63 Å². The number of hydrogen-bond acceptors (Lipinski definition) is 4. The number of likely N-dealkylation sites (N-methyl/N-ethyl adjacent to an activating group) is 1. The van der Waals surface area contributed by atoms with Crippen LogP contribution in [-0.4, -0.2) is 66.1 Å². The van der Waals surface area contributed by atoms with E-state index in [1.54, 1.807) is 31.2 Å². The van der Waals surface area contributed by atoms with E-state index in [-0.39, 0.29) is 11.9 Å². The number of carbonyl (C=O) groups excluding carboxylic acids is 1. The summed E-state index contributed by atoms with van der Waals surface area (Å²) in [5, 5.41) is 2.18. The number of nitrogens with zero attached hydrogens (tertiary/aromatic N) is 3. The van der Waals surface area contributed by atoms with Crippen LogP contribution in [0.3, 0.4) is 0 Å². The van der Waals surface area contributed by atoms with E-state index in [0.717, 1.165) is 45.7 Å². The van der Waals surface area contributed by atoms with Crippen molar-refractivity contribution in [2.45, 2.75) is 47.1 Å². The molecule has 0 radical (unpaired) electrons. The summed E-state index contributed by atoms with van der Waals surface area (Å²) < 4.78 is 0. The van der Waals surface area contributed by atoms with Gasteiger partial charge in [-0.2, -0.15) is 5.06 Å². The summed E-state index contributed by atoms with van der Waals surface area (Å²) in [6, 6.07) is 7.10. The second-order valence-corrected chi connectivity index (χ2v) is 6.78. The van der Waals surface area contributed by atoms with Crippen molar-refractivity contribution in [1.29, 1.82) is 0 Å². The molecule has 0 N–H and O–H groups in total. The molecular formula is C20H34ClN3O2. The molecule has 1 aromatic rings. The summed E-state index contributed by atoms with van der Waals surface area (Å²) in [6.07, 6.45) is 0.866. The van der Waals surface area contributed by atoms with Crippen LogP contribution in [0.25, 0.3) is 0 Å². The van der Waals surface area contributed by atoms with Gasteiger partial charge in [-0.25, -0.2) is 0 Å². The molecule has 1 atom stereocenters. The van der Waals surface area contributed by atoms with Crippen LogP contribution >= 0.6 is 11.6 Å². The molecule has 1 unspecified atom stereocenters. The molecule has 1 amide bonds. The summed E-state index contributed by atoms with van der Waals surface area (Å²) in [5.41, 5.74) is 0. The van der Waals surface area contributed by atoms with E-state index in [0.29, 0.717) is 10.8 Å². The average Bonchev–Trinajstić information content (AvgIpc) is 2.64. The van der Waals surface area contributed by atoms with Gasteiger partial charge in [0.1, 0.15) is 0 Å². The van der Waals surface area contributed by atoms with Gasteiger partial charge in [0.2, 0.25) is 0 Å². The molecule has 0 heterocycles. The highest BCUT2D eigenvalue weighted by atomic mass is 35.5. The molecule has 0 aromatic heterocycles. The normalized spacial score (nSPS) is 12.5. The third kappa shape index (κ3) is 7.52. The second kappa shape index (κ2) is 12.2. The van der Waals surface area contributed by atoms with Crippen molar-refractivity contribution in [3.05, 3.63) is 29.3 Å². The fourth-order valence-electron chi connectivity index (χ4n) is 2.94. The van der Waals surface area contributed by atoms with Crippen LogP contribution in [0.4, 0.5) is 0 Å². The van der Waals surface area contributed by atoms with Gasteiger partial charge in [-0.05, 0) is 56.9 Å². The Morgan fingerprint density at radius 3 is 2.00 bits per heavy atom. The number of carbonyl (C=O) groups is 1. The Morgan fingerprint density at radius 1 is 1.00 bits per heavy atom. The third-order valence-electron chi connectivity index (χ3n) is 4.70. The number of hydroxylamine groups is 2. The standard InChI is InChI=1S/C20H34ClN3O2/c1-6-22(7-2)15-14-19(16-23(8-3)9-4)24(17(5)25)26-20-12-10-18(21)11-13-20/h10-13,19H,6-9,14-16H2,1-5H3. The minimum atomic E-state index is -0.0864. The topological polar surface area (TPSA) is 36.0 Å². The highest BCUT2D eigenvalue weighted by Gasteiger charge is 2.25. The number of rotatable bonds is 12. The van der Waals surface area contributed by atoms with Crippen molar-refractivity contribution >= 4 is 17.5 Å².